The summed E-state index contributed by atoms with van der Waals surface area (Å²) in [4.78, 5) is 36.1. The van der Waals surface area contributed by atoms with E-state index in [1.807, 2.05) is 17.0 Å². The Balaban J connectivity index is 1.51. The third-order valence-corrected chi connectivity index (χ3v) is 6.78. The van der Waals surface area contributed by atoms with Gasteiger partial charge in [0.05, 0.1) is 10.4 Å². The fourth-order valence-electron chi connectivity index (χ4n) is 4.97. The number of nitro groups is 1. The van der Waals surface area contributed by atoms with Crippen molar-refractivity contribution in [2.24, 2.45) is 13.0 Å². The van der Waals surface area contributed by atoms with Crippen LogP contribution in [0.15, 0.2) is 41.2 Å². The molecule has 1 aliphatic heterocycles. The zero-order valence-corrected chi connectivity index (χ0v) is 18.6. The van der Waals surface area contributed by atoms with Crippen LogP contribution in [-0.4, -0.2) is 45.6 Å². The Kier molecular flexibility index (Phi) is 5.49. The number of hydrogen-bond donors (Lipinski definition) is 0. The number of halogens is 1. The third-order valence-electron chi connectivity index (χ3n) is 6.78. The van der Waals surface area contributed by atoms with Gasteiger partial charge in [0, 0.05) is 39.3 Å². The number of pyridine rings is 2. The normalized spacial score (nSPS) is 17.5. The molecule has 0 spiro atoms. The molecule has 5 rings (SSSR count). The van der Waals surface area contributed by atoms with E-state index in [1.165, 1.54) is 29.8 Å². The first kappa shape index (κ1) is 22.0. The molecule has 1 atom stereocenters. The Morgan fingerprint density at radius 2 is 1.82 bits per heavy atom. The number of rotatable bonds is 5. The van der Waals surface area contributed by atoms with Crippen LogP contribution in [0.25, 0.3) is 15.9 Å². The lowest BCUT2D eigenvalue weighted by Gasteiger charge is -2.40. The van der Waals surface area contributed by atoms with Crippen LogP contribution in [0.3, 0.4) is 0 Å². The molecule has 3 heterocycles. The summed E-state index contributed by atoms with van der Waals surface area (Å²) in [5, 5.41) is 12.0. The van der Waals surface area contributed by atoms with E-state index in [0.29, 0.717) is 37.6 Å². The summed E-state index contributed by atoms with van der Waals surface area (Å²) in [6.07, 6.45) is 2.24. The van der Waals surface area contributed by atoms with Gasteiger partial charge in [0.2, 0.25) is 5.52 Å². The van der Waals surface area contributed by atoms with E-state index in [2.05, 4.69) is 14.7 Å². The maximum absolute atomic E-state index is 13.5. The molecule has 1 saturated heterocycles. The van der Waals surface area contributed by atoms with Crippen molar-refractivity contribution in [3.8, 4) is 0 Å². The molecule has 1 unspecified atom stereocenters. The zero-order valence-electron chi connectivity index (χ0n) is 18.6. The fraction of sp³-hybridized carbons (Fsp3) is 0.375. The molecule has 0 N–H and O–H groups in total. The summed E-state index contributed by atoms with van der Waals surface area (Å²) >= 11 is 0. The molecule has 174 valence electrons. The van der Waals surface area contributed by atoms with Crippen LogP contribution in [0.1, 0.15) is 24.4 Å². The summed E-state index contributed by atoms with van der Waals surface area (Å²) in [7, 11) is 1.47. The van der Waals surface area contributed by atoms with Crippen molar-refractivity contribution < 1.29 is 9.31 Å². The minimum Gasteiger partial charge on any atom is -0.361 e. The molecule has 10 heteroatoms. The highest BCUT2D eigenvalue weighted by Gasteiger charge is 2.39. The standard InChI is InChI=1S/C24H23FN6O3/c1-26-19-10-9-18-20(27-19)22(23(31(33)34)24(32)28(18)2)30-13-11-29(12-14-30)21(15-3-4-15)16-5-7-17(25)8-6-16/h5-10,15,21H,3-4,11-14H2,2H3. The number of anilines is 1. The molecule has 0 amide bonds. The van der Waals surface area contributed by atoms with Gasteiger partial charge in [-0.15, -0.1) is 4.98 Å². The van der Waals surface area contributed by atoms with Crippen molar-refractivity contribution in [2.45, 2.75) is 18.9 Å². The van der Waals surface area contributed by atoms with Gasteiger partial charge in [-0.3, -0.25) is 19.8 Å². The lowest BCUT2D eigenvalue weighted by Crippen LogP contribution is -2.48. The van der Waals surface area contributed by atoms with E-state index in [-0.39, 0.29) is 28.9 Å². The van der Waals surface area contributed by atoms with Crippen molar-refractivity contribution >= 4 is 28.2 Å². The van der Waals surface area contributed by atoms with Gasteiger partial charge in [-0.25, -0.2) is 4.39 Å². The maximum atomic E-state index is 13.5. The van der Waals surface area contributed by atoms with E-state index in [0.717, 1.165) is 18.4 Å². The first-order valence-electron chi connectivity index (χ1n) is 11.2. The van der Waals surface area contributed by atoms with Gasteiger partial charge in [0.25, 0.3) is 5.82 Å². The second kappa shape index (κ2) is 8.50. The Labute approximate surface area is 195 Å². The second-order valence-corrected chi connectivity index (χ2v) is 8.82. The third kappa shape index (κ3) is 3.78. The number of aromatic nitrogens is 2. The molecular weight excluding hydrogens is 439 g/mol. The highest BCUT2D eigenvalue weighted by atomic mass is 19.1. The maximum Gasteiger partial charge on any atom is 0.361 e. The molecule has 9 nitrogen and oxygen atoms in total. The Morgan fingerprint density at radius 1 is 1.15 bits per heavy atom. The van der Waals surface area contributed by atoms with Crippen molar-refractivity contribution in [2.75, 3.05) is 31.1 Å². The largest absolute Gasteiger partial charge is 0.361 e. The lowest BCUT2D eigenvalue weighted by molar-refractivity contribution is -0.385. The summed E-state index contributed by atoms with van der Waals surface area (Å²) in [5.74, 6) is 0.365. The van der Waals surface area contributed by atoms with Crippen molar-refractivity contribution in [1.82, 2.24) is 14.5 Å². The van der Waals surface area contributed by atoms with Crippen molar-refractivity contribution in [3.05, 3.63) is 79.7 Å². The predicted octanol–water partition coefficient (Wildman–Crippen LogP) is 3.80. The summed E-state index contributed by atoms with van der Waals surface area (Å²) in [5.41, 5.74) is 0.768. The van der Waals surface area contributed by atoms with Crippen molar-refractivity contribution in [1.29, 1.82) is 0 Å². The molecule has 1 saturated carbocycles. The Hall–Kier alpha value is -3.84. The minimum atomic E-state index is -0.700. The number of nitrogens with zero attached hydrogens (tertiary/aromatic N) is 6. The van der Waals surface area contributed by atoms with Crippen LogP contribution in [0.2, 0.25) is 0 Å². The molecule has 2 aliphatic rings. The van der Waals surface area contributed by atoms with Gasteiger partial charge in [0.1, 0.15) is 5.82 Å². The van der Waals surface area contributed by atoms with Crippen molar-refractivity contribution in [3.63, 3.8) is 0 Å². The Bertz CT molecular complexity index is 1370. The van der Waals surface area contributed by atoms with Crippen LogP contribution in [-0.2, 0) is 7.05 Å². The van der Waals surface area contributed by atoms with Crippen LogP contribution in [0.5, 0.6) is 0 Å². The van der Waals surface area contributed by atoms with Crippen LogP contribution >= 0.6 is 0 Å². The van der Waals surface area contributed by atoms with Crippen LogP contribution < -0.4 is 10.5 Å². The summed E-state index contributed by atoms with van der Waals surface area (Å²) in [6.45, 7) is 9.51. The fourth-order valence-corrected chi connectivity index (χ4v) is 4.97. The molecular formula is C24H23FN6O3. The van der Waals surface area contributed by atoms with E-state index in [1.54, 1.807) is 6.07 Å². The number of benzene rings is 1. The van der Waals surface area contributed by atoms with E-state index < -0.39 is 16.2 Å². The molecule has 34 heavy (non-hydrogen) atoms. The SMILES string of the molecule is [C-]#[N+]c1ccc2c(n1)c(N1CCN(C(c3ccc(F)cc3)C3CC3)CC1)c([N+](=O)[O-])c(=O)n2C. The number of fused-ring (bicyclic) bond motifs is 1. The van der Waals surface area contributed by atoms with Crippen LogP contribution in [0.4, 0.5) is 21.6 Å². The van der Waals surface area contributed by atoms with E-state index >= 15 is 0 Å². The molecule has 1 aliphatic carbocycles. The molecule has 0 radical (unpaired) electrons. The average molecular weight is 462 g/mol. The highest BCUT2D eigenvalue weighted by molar-refractivity contribution is 5.94. The van der Waals surface area contributed by atoms with E-state index in [4.69, 9.17) is 6.57 Å². The molecule has 2 fully saturated rings. The molecule has 2 aromatic heterocycles. The smallest absolute Gasteiger partial charge is 0.361 e. The summed E-state index contributed by atoms with van der Waals surface area (Å²) in [6, 6.07) is 9.92. The first-order chi connectivity index (χ1) is 16.4. The Morgan fingerprint density at radius 3 is 2.41 bits per heavy atom. The topological polar surface area (TPSA) is 88.9 Å². The predicted molar refractivity (Wildman–Crippen MR) is 126 cm³/mol. The molecule has 1 aromatic carbocycles. The quantitative estimate of drug-likeness (QED) is 0.326. The zero-order chi connectivity index (χ0) is 24.0. The van der Waals surface area contributed by atoms with Gasteiger partial charge in [-0.2, -0.15) is 0 Å². The second-order valence-electron chi connectivity index (χ2n) is 8.82. The van der Waals surface area contributed by atoms with Gasteiger partial charge < -0.3 is 14.3 Å². The molecule has 3 aromatic rings. The van der Waals surface area contributed by atoms with E-state index in [9.17, 15) is 19.3 Å². The summed E-state index contributed by atoms with van der Waals surface area (Å²) < 4.78 is 14.7. The van der Waals surface area contributed by atoms with Gasteiger partial charge in [-0.05, 0) is 48.6 Å². The minimum absolute atomic E-state index is 0.116. The number of hydrogen-bond acceptors (Lipinski definition) is 6. The van der Waals surface area contributed by atoms with Gasteiger partial charge in [0.15, 0.2) is 5.69 Å². The van der Waals surface area contributed by atoms with Gasteiger partial charge >= 0.3 is 11.2 Å². The number of piperazine rings is 1. The lowest BCUT2D eigenvalue weighted by atomic mass is 9.99. The average Bonchev–Trinajstić information content (AvgIpc) is 3.67. The van der Waals surface area contributed by atoms with Crippen LogP contribution in [0, 0.1) is 28.4 Å². The monoisotopic (exact) mass is 462 g/mol. The number of aryl methyl sites for hydroxylation is 1. The highest BCUT2D eigenvalue weighted by Crippen LogP contribution is 2.45. The van der Waals surface area contributed by atoms with Gasteiger partial charge in [-0.1, -0.05) is 18.7 Å². The molecule has 0 bridgehead atoms. The first-order valence-corrected chi connectivity index (χ1v) is 11.2.